The molecule has 0 aliphatic carbocycles. The van der Waals surface area contributed by atoms with E-state index in [1.54, 1.807) is 7.11 Å². The van der Waals surface area contributed by atoms with E-state index in [4.69, 9.17) is 4.74 Å². The largest absolute Gasteiger partial charge is 0.497 e. The van der Waals surface area contributed by atoms with Crippen molar-refractivity contribution in [3.8, 4) is 16.9 Å². The van der Waals surface area contributed by atoms with Gasteiger partial charge in [0, 0.05) is 5.71 Å². The molecule has 21 heavy (non-hydrogen) atoms. The molecule has 0 bridgehead atoms. The lowest BCUT2D eigenvalue weighted by atomic mass is 10.1. The van der Waals surface area contributed by atoms with Gasteiger partial charge in [-0.15, -0.1) is 0 Å². The highest BCUT2D eigenvalue weighted by molar-refractivity contribution is 6.12. The summed E-state index contributed by atoms with van der Waals surface area (Å²) in [6, 6.07) is 15.7. The lowest BCUT2D eigenvalue weighted by molar-refractivity contribution is -0.116. The van der Waals surface area contributed by atoms with E-state index in [1.807, 2.05) is 55.5 Å². The molecule has 2 aromatic carbocycles. The van der Waals surface area contributed by atoms with Crippen LogP contribution in [0, 0.1) is 0 Å². The monoisotopic (exact) mass is 280 g/mol. The number of carbonyl (C=O) groups excluding carboxylic acids is 1. The minimum Gasteiger partial charge on any atom is -0.497 e. The van der Waals surface area contributed by atoms with Crippen molar-refractivity contribution >= 4 is 17.3 Å². The standard InChI is InChI=1S/C17H16N2O2/c1-12-11-17(20)19(18-12)15-7-3-13(4-8-15)14-5-9-16(21-2)10-6-14/h3-10H,11H2,1-2H3. The van der Waals surface area contributed by atoms with Crippen LogP contribution in [0.5, 0.6) is 5.75 Å². The van der Waals surface area contributed by atoms with Gasteiger partial charge in [-0.1, -0.05) is 24.3 Å². The SMILES string of the molecule is COc1ccc(-c2ccc(N3N=C(C)CC3=O)cc2)cc1. The number of ether oxygens (including phenoxy) is 1. The predicted octanol–water partition coefficient (Wildman–Crippen LogP) is 3.47. The van der Waals surface area contributed by atoms with Gasteiger partial charge in [0.2, 0.25) is 0 Å². The Balaban J connectivity index is 1.85. The molecule has 4 nitrogen and oxygen atoms in total. The van der Waals surface area contributed by atoms with Crippen LogP contribution in [0.15, 0.2) is 53.6 Å². The Labute approximate surface area is 123 Å². The molecule has 1 aliphatic heterocycles. The number of hydrogen-bond donors (Lipinski definition) is 0. The van der Waals surface area contributed by atoms with E-state index in [2.05, 4.69) is 5.10 Å². The first-order valence-corrected chi connectivity index (χ1v) is 6.79. The van der Waals surface area contributed by atoms with Crippen molar-refractivity contribution in [3.63, 3.8) is 0 Å². The van der Waals surface area contributed by atoms with Crippen LogP contribution in [-0.4, -0.2) is 18.7 Å². The van der Waals surface area contributed by atoms with Crippen molar-refractivity contribution in [2.24, 2.45) is 5.10 Å². The van der Waals surface area contributed by atoms with Gasteiger partial charge in [-0.2, -0.15) is 5.10 Å². The lowest BCUT2D eigenvalue weighted by Gasteiger charge is -2.12. The van der Waals surface area contributed by atoms with Gasteiger partial charge in [0.1, 0.15) is 5.75 Å². The van der Waals surface area contributed by atoms with Gasteiger partial charge in [0.25, 0.3) is 5.91 Å². The molecule has 3 rings (SSSR count). The Morgan fingerprint density at radius 1 is 1.00 bits per heavy atom. The van der Waals surface area contributed by atoms with Crippen molar-refractivity contribution < 1.29 is 9.53 Å². The smallest absolute Gasteiger partial charge is 0.253 e. The third kappa shape index (κ3) is 2.65. The molecule has 0 aromatic heterocycles. The Kier molecular flexibility index (Phi) is 3.44. The van der Waals surface area contributed by atoms with Crippen LogP contribution in [0.3, 0.4) is 0 Å². The fourth-order valence-corrected chi connectivity index (χ4v) is 2.34. The van der Waals surface area contributed by atoms with Crippen molar-refractivity contribution in [2.75, 3.05) is 12.1 Å². The maximum atomic E-state index is 11.8. The van der Waals surface area contributed by atoms with Gasteiger partial charge in [-0.25, -0.2) is 5.01 Å². The van der Waals surface area contributed by atoms with E-state index in [-0.39, 0.29) is 5.91 Å². The average Bonchev–Trinajstić information content (AvgIpc) is 2.86. The highest BCUT2D eigenvalue weighted by Gasteiger charge is 2.22. The Morgan fingerprint density at radius 2 is 1.57 bits per heavy atom. The molecule has 2 aromatic rings. The highest BCUT2D eigenvalue weighted by atomic mass is 16.5. The van der Waals surface area contributed by atoms with Gasteiger partial charge in [-0.05, 0) is 42.3 Å². The molecule has 0 spiro atoms. The zero-order chi connectivity index (χ0) is 14.8. The topological polar surface area (TPSA) is 41.9 Å². The second kappa shape index (κ2) is 5.40. The summed E-state index contributed by atoms with van der Waals surface area (Å²) in [6.45, 7) is 1.86. The number of amides is 1. The average molecular weight is 280 g/mol. The van der Waals surface area contributed by atoms with E-state index in [1.165, 1.54) is 5.01 Å². The number of benzene rings is 2. The molecule has 106 valence electrons. The van der Waals surface area contributed by atoms with Crippen LogP contribution in [-0.2, 0) is 4.79 Å². The number of hydrogen-bond acceptors (Lipinski definition) is 3. The Morgan fingerprint density at radius 3 is 2.05 bits per heavy atom. The molecule has 1 aliphatic rings. The first-order valence-electron chi connectivity index (χ1n) is 6.79. The summed E-state index contributed by atoms with van der Waals surface area (Å²) in [5.74, 6) is 0.854. The molecule has 0 N–H and O–H groups in total. The number of rotatable bonds is 3. The first-order chi connectivity index (χ1) is 10.2. The zero-order valence-corrected chi connectivity index (χ0v) is 12.0. The maximum absolute atomic E-state index is 11.8. The fraction of sp³-hybridized carbons (Fsp3) is 0.176. The minimum absolute atomic E-state index is 0.0182. The van der Waals surface area contributed by atoms with Gasteiger partial charge in [-0.3, -0.25) is 4.79 Å². The molecule has 0 saturated heterocycles. The molecule has 0 fully saturated rings. The summed E-state index contributed by atoms with van der Waals surface area (Å²) in [6.07, 6.45) is 0.403. The van der Waals surface area contributed by atoms with E-state index >= 15 is 0 Å². The summed E-state index contributed by atoms with van der Waals surface area (Å²) in [5, 5.41) is 5.71. The summed E-state index contributed by atoms with van der Waals surface area (Å²) in [7, 11) is 1.65. The number of methoxy groups -OCH3 is 1. The van der Waals surface area contributed by atoms with Crippen LogP contribution in [0.4, 0.5) is 5.69 Å². The Bertz CT molecular complexity index is 688. The third-order valence-electron chi connectivity index (χ3n) is 3.45. The van der Waals surface area contributed by atoms with Crippen LogP contribution >= 0.6 is 0 Å². The summed E-state index contributed by atoms with van der Waals surface area (Å²) < 4.78 is 5.15. The molecule has 0 atom stereocenters. The minimum atomic E-state index is 0.0182. The van der Waals surface area contributed by atoms with Crippen LogP contribution in [0.2, 0.25) is 0 Å². The van der Waals surface area contributed by atoms with Crippen molar-refractivity contribution in [1.82, 2.24) is 0 Å². The van der Waals surface area contributed by atoms with Gasteiger partial charge in [0.05, 0.1) is 19.2 Å². The van der Waals surface area contributed by atoms with Crippen molar-refractivity contribution in [3.05, 3.63) is 48.5 Å². The summed E-state index contributed by atoms with van der Waals surface area (Å²) in [5.41, 5.74) is 3.84. The summed E-state index contributed by atoms with van der Waals surface area (Å²) >= 11 is 0. The van der Waals surface area contributed by atoms with Crippen LogP contribution in [0.25, 0.3) is 11.1 Å². The van der Waals surface area contributed by atoms with Gasteiger partial charge >= 0.3 is 0 Å². The third-order valence-corrected chi connectivity index (χ3v) is 3.45. The first kappa shape index (κ1) is 13.4. The van der Waals surface area contributed by atoms with E-state index in [0.717, 1.165) is 28.3 Å². The van der Waals surface area contributed by atoms with E-state index < -0.39 is 0 Å². The fourth-order valence-electron chi connectivity index (χ4n) is 2.34. The van der Waals surface area contributed by atoms with E-state index in [0.29, 0.717) is 6.42 Å². The Hall–Kier alpha value is -2.62. The molecule has 1 amide bonds. The molecule has 0 radical (unpaired) electrons. The van der Waals surface area contributed by atoms with Crippen molar-refractivity contribution in [2.45, 2.75) is 13.3 Å². The second-order valence-corrected chi connectivity index (χ2v) is 4.99. The lowest BCUT2D eigenvalue weighted by Crippen LogP contribution is -2.19. The molecular formula is C17H16N2O2. The zero-order valence-electron chi connectivity index (χ0n) is 12.0. The summed E-state index contributed by atoms with van der Waals surface area (Å²) in [4.78, 5) is 11.8. The van der Waals surface area contributed by atoms with Gasteiger partial charge in [0.15, 0.2) is 0 Å². The number of nitrogens with zero attached hydrogens (tertiary/aromatic N) is 2. The number of hydrazone groups is 1. The normalized spacial score (nSPS) is 14.3. The quantitative estimate of drug-likeness (QED) is 0.863. The second-order valence-electron chi connectivity index (χ2n) is 4.99. The maximum Gasteiger partial charge on any atom is 0.253 e. The molecule has 0 unspecified atom stereocenters. The molecular weight excluding hydrogens is 264 g/mol. The predicted molar refractivity (Wildman–Crippen MR) is 83.6 cm³/mol. The van der Waals surface area contributed by atoms with E-state index in [9.17, 15) is 4.79 Å². The number of carbonyl (C=O) groups is 1. The highest BCUT2D eigenvalue weighted by Crippen LogP contribution is 2.26. The van der Waals surface area contributed by atoms with Gasteiger partial charge < -0.3 is 4.74 Å². The van der Waals surface area contributed by atoms with Crippen LogP contribution in [0.1, 0.15) is 13.3 Å². The van der Waals surface area contributed by atoms with Crippen molar-refractivity contribution in [1.29, 1.82) is 0 Å². The molecule has 4 heteroatoms. The number of anilines is 1. The molecule has 0 saturated carbocycles. The molecule has 1 heterocycles. The van der Waals surface area contributed by atoms with Crippen LogP contribution < -0.4 is 9.75 Å².